The molecule has 1 heterocycles. The van der Waals surface area contributed by atoms with Crippen molar-refractivity contribution in [3.63, 3.8) is 0 Å². The van der Waals surface area contributed by atoms with Crippen LogP contribution in [0.1, 0.15) is 53.5 Å². The number of likely N-dealkylation sites (tertiary alicyclic amines) is 1. The van der Waals surface area contributed by atoms with Crippen molar-refractivity contribution in [1.29, 1.82) is 0 Å². The standard InChI is InChI=1S/C31H33F2NO2/c1-21-6-7-24(19-30(21)33)28-5-2-4-23-18-25(35)10-13-29(23)31(28)22-8-11-26(12-9-22)36-27-14-17-34(20-27)16-3-15-32/h6-13,18-19,27,35H,2-5,14-17,20H2,1H3/t27-/m0/s1. The number of fused-ring (bicyclic) bond motifs is 1. The molecular formula is C31H33F2NO2. The first kappa shape index (κ1) is 24.5. The maximum atomic E-state index is 14.6. The number of rotatable bonds is 7. The summed E-state index contributed by atoms with van der Waals surface area (Å²) in [6.07, 6.45) is 4.23. The van der Waals surface area contributed by atoms with E-state index in [0.717, 1.165) is 84.5 Å². The zero-order valence-electron chi connectivity index (χ0n) is 20.8. The summed E-state index contributed by atoms with van der Waals surface area (Å²) in [4.78, 5) is 2.26. The van der Waals surface area contributed by atoms with E-state index in [0.29, 0.717) is 12.0 Å². The van der Waals surface area contributed by atoms with E-state index in [4.69, 9.17) is 4.74 Å². The van der Waals surface area contributed by atoms with Gasteiger partial charge in [0.25, 0.3) is 0 Å². The molecule has 3 aromatic rings. The number of benzene rings is 3. The molecule has 0 spiro atoms. The number of hydrogen-bond acceptors (Lipinski definition) is 3. The zero-order chi connectivity index (χ0) is 25.1. The van der Waals surface area contributed by atoms with Gasteiger partial charge in [-0.05, 0) is 108 Å². The highest BCUT2D eigenvalue weighted by atomic mass is 19.1. The van der Waals surface area contributed by atoms with E-state index in [2.05, 4.69) is 17.0 Å². The summed E-state index contributed by atoms with van der Waals surface area (Å²) in [5.74, 6) is 0.883. The summed E-state index contributed by atoms with van der Waals surface area (Å²) in [5.41, 5.74) is 6.96. The van der Waals surface area contributed by atoms with Gasteiger partial charge in [-0.2, -0.15) is 0 Å². The lowest BCUT2D eigenvalue weighted by Crippen LogP contribution is -2.26. The predicted molar refractivity (Wildman–Crippen MR) is 141 cm³/mol. The number of ether oxygens (including phenoxy) is 1. The number of hydrogen-bond donors (Lipinski definition) is 1. The number of aromatic hydroxyl groups is 1. The Hall–Kier alpha value is -3.18. The predicted octanol–water partition coefficient (Wildman–Crippen LogP) is 6.95. The van der Waals surface area contributed by atoms with Gasteiger partial charge in [0.1, 0.15) is 23.4 Å². The van der Waals surface area contributed by atoms with E-state index in [1.165, 1.54) is 0 Å². The summed E-state index contributed by atoms with van der Waals surface area (Å²) in [7, 11) is 0. The van der Waals surface area contributed by atoms with Crippen LogP contribution >= 0.6 is 0 Å². The van der Waals surface area contributed by atoms with Crippen LogP contribution < -0.4 is 4.74 Å². The van der Waals surface area contributed by atoms with Crippen LogP contribution in [0.5, 0.6) is 11.5 Å². The second-order valence-electron chi connectivity index (χ2n) is 9.91. The van der Waals surface area contributed by atoms with Gasteiger partial charge in [-0.3, -0.25) is 9.29 Å². The molecule has 1 saturated heterocycles. The van der Waals surface area contributed by atoms with Crippen LogP contribution in [0.4, 0.5) is 8.78 Å². The molecule has 0 radical (unpaired) electrons. The number of halogens is 2. The number of phenolic OH excluding ortho intramolecular Hbond substituents is 1. The average Bonchev–Trinajstić information content (AvgIpc) is 3.23. The fraction of sp³-hybridized carbons (Fsp3) is 0.355. The lowest BCUT2D eigenvalue weighted by Gasteiger charge is -2.19. The molecule has 1 fully saturated rings. The smallest absolute Gasteiger partial charge is 0.126 e. The Morgan fingerprint density at radius 2 is 1.81 bits per heavy atom. The van der Waals surface area contributed by atoms with E-state index >= 15 is 0 Å². The third-order valence-corrected chi connectivity index (χ3v) is 7.34. The number of phenols is 1. The third-order valence-electron chi connectivity index (χ3n) is 7.34. The molecule has 1 N–H and O–H groups in total. The molecule has 2 aliphatic rings. The first-order valence-electron chi connectivity index (χ1n) is 12.9. The van der Waals surface area contributed by atoms with Gasteiger partial charge in [0, 0.05) is 19.6 Å². The Labute approximate surface area is 212 Å². The molecule has 0 unspecified atom stereocenters. The Morgan fingerprint density at radius 3 is 2.58 bits per heavy atom. The number of alkyl halides is 1. The maximum absolute atomic E-state index is 14.6. The van der Waals surface area contributed by atoms with Crippen LogP contribution in [0, 0.1) is 12.7 Å². The summed E-state index contributed by atoms with van der Waals surface area (Å²) >= 11 is 0. The summed E-state index contributed by atoms with van der Waals surface area (Å²) in [6, 6.07) is 19.2. The van der Waals surface area contributed by atoms with Gasteiger partial charge in [0.15, 0.2) is 0 Å². The van der Waals surface area contributed by atoms with Crippen molar-refractivity contribution in [2.24, 2.45) is 0 Å². The van der Waals surface area contributed by atoms with E-state index < -0.39 is 0 Å². The van der Waals surface area contributed by atoms with Gasteiger partial charge in [-0.1, -0.05) is 30.3 Å². The largest absolute Gasteiger partial charge is 0.508 e. The molecule has 0 bridgehead atoms. The highest BCUT2D eigenvalue weighted by Gasteiger charge is 2.24. The van der Waals surface area contributed by atoms with Crippen molar-refractivity contribution in [1.82, 2.24) is 4.90 Å². The van der Waals surface area contributed by atoms with Gasteiger partial charge in [-0.25, -0.2) is 4.39 Å². The fourth-order valence-electron chi connectivity index (χ4n) is 5.45. The van der Waals surface area contributed by atoms with Gasteiger partial charge >= 0.3 is 0 Å². The molecule has 0 saturated carbocycles. The van der Waals surface area contributed by atoms with Crippen molar-refractivity contribution in [3.8, 4) is 11.5 Å². The summed E-state index contributed by atoms with van der Waals surface area (Å²) < 4.78 is 33.3. The minimum atomic E-state index is -0.278. The molecule has 1 atom stereocenters. The van der Waals surface area contributed by atoms with Gasteiger partial charge in [0.2, 0.25) is 0 Å². The number of nitrogens with zero attached hydrogens (tertiary/aromatic N) is 1. The van der Waals surface area contributed by atoms with E-state index in [-0.39, 0.29) is 24.3 Å². The molecule has 1 aliphatic carbocycles. The fourth-order valence-corrected chi connectivity index (χ4v) is 5.45. The molecule has 0 amide bonds. The Bertz CT molecular complexity index is 1250. The normalized spacial score (nSPS) is 18.2. The lowest BCUT2D eigenvalue weighted by molar-refractivity contribution is 0.198. The second kappa shape index (κ2) is 10.8. The quantitative estimate of drug-likeness (QED) is 0.390. The topological polar surface area (TPSA) is 32.7 Å². The van der Waals surface area contributed by atoms with E-state index in [1.807, 2.05) is 36.4 Å². The summed E-state index contributed by atoms with van der Waals surface area (Å²) in [6.45, 7) is 4.05. The van der Waals surface area contributed by atoms with Crippen LogP contribution in [0.15, 0.2) is 60.7 Å². The number of aryl methyl sites for hydroxylation is 2. The Balaban J connectivity index is 1.48. The van der Waals surface area contributed by atoms with Crippen LogP contribution in [-0.2, 0) is 6.42 Å². The average molecular weight is 490 g/mol. The minimum absolute atomic E-state index is 0.113. The van der Waals surface area contributed by atoms with Crippen molar-refractivity contribution in [2.45, 2.75) is 45.1 Å². The molecule has 36 heavy (non-hydrogen) atoms. The minimum Gasteiger partial charge on any atom is -0.508 e. The molecule has 188 valence electrons. The monoisotopic (exact) mass is 489 g/mol. The molecule has 3 nitrogen and oxygen atoms in total. The van der Waals surface area contributed by atoms with Crippen molar-refractivity contribution in [2.75, 3.05) is 26.3 Å². The first-order chi connectivity index (χ1) is 17.5. The molecule has 1 aliphatic heterocycles. The molecule has 5 heteroatoms. The van der Waals surface area contributed by atoms with Crippen LogP contribution in [-0.4, -0.2) is 42.4 Å². The second-order valence-corrected chi connectivity index (χ2v) is 9.91. The first-order valence-corrected chi connectivity index (χ1v) is 12.9. The van der Waals surface area contributed by atoms with Crippen molar-refractivity contribution < 1.29 is 18.6 Å². The van der Waals surface area contributed by atoms with E-state index in [9.17, 15) is 13.9 Å². The highest BCUT2D eigenvalue weighted by molar-refractivity contribution is 6.00. The van der Waals surface area contributed by atoms with Crippen LogP contribution in [0.2, 0.25) is 0 Å². The third kappa shape index (κ3) is 5.31. The van der Waals surface area contributed by atoms with Crippen molar-refractivity contribution in [3.05, 3.63) is 94.3 Å². The van der Waals surface area contributed by atoms with Crippen LogP contribution in [0.25, 0.3) is 11.1 Å². The molecular weight excluding hydrogens is 456 g/mol. The van der Waals surface area contributed by atoms with Gasteiger partial charge in [0.05, 0.1) is 6.67 Å². The number of allylic oxidation sites excluding steroid dienone is 1. The summed E-state index contributed by atoms with van der Waals surface area (Å²) in [5, 5.41) is 10.1. The Morgan fingerprint density at radius 1 is 1.00 bits per heavy atom. The lowest BCUT2D eigenvalue weighted by atomic mass is 9.87. The maximum Gasteiger partial charge on any atom is 0.126 e. The van der Waals surface area contributed by atoms with Crippen LogP contribution in [0.3, 0.4) is 0 Å². The molecule has 3 aromatic carbocycles. The van der Waals surface area contributed by atoms with Gasteiger partial charge in [-0.15, -0.1) is 0 Å². The highest BCUT2D eigenvalue weighted by Crippen LogP contribution is 2.41. The molecule has 5 rings (SSSR count). The Kier molecular flexibility index (Phi) is 7.38. The molecule has 0 aromatic heterocycles. The SMILES string of the molecule is Cc1ccc(C2=C(c3ccc(O[C@H]4CCN(CCCF)C4)cc3)c3ccc(O)cc3CCC2)cc1F. The van der Waals surface area contributed by atoms with Gasteiger partial charge < -0.3 is 9.84 Å². The zero-order valence-corrected chi connectivity index (χ0v) is 20.8. The van der Waals surface area contributed by atoms with E-state index in [1.54, 1.807) is 19.1 Å². The van der Waals surface area contributed by atoms with Crippen molar-refractivity contribution >= 4 is 11.1 Å².